The summed E-state index contributed by atoms with van der Waals surface area (Å²) >= 11 is 0. The number of pyridine rings is 2. The van der Waals surface area contributed by atoms with Gasteiger partial charge in [0.05, 0.1) is 29.0 Å². The molecule has 0 bridgehead atoms. The molecule has 1 fully saturated rings. The predicted molar refractivity (Wildman–Crippen MR) is 284 cm³/mol. The first kappa shape index (κ1) is 57.8. The number of likely N-dealkylation sites (N-methyl/N-ethyl adjacent to an activating group) is 2. The summed E-state index contributed by atoms with van der Waals surface area (Å²) in [7, 11) is 3.05. The molecule has 0 spiro atoms. The van der Waals surface area contributed by atoms with Gasteiger partial charge in [0.25, 0.3) is 5.56 Å². The number of anilines is 1. The summed E-state index contributed by atoms with van der Waals surface area (Å²) in [6, 6.07) is 10.3. The molecule has 23 heteroatoms. The molecule has 3 aliphatic heterocycles. The number of hydrogen-bond acceptors (Lipinski definition) is 15. The van der Waals surface area contributed by atoms with Crippen molar-refractivity contribution < 1.29 is 62.4 Å². The Morgan fingerprint density at radius 3 is 2.24 bits per heavy atom. The van der Waals surface area contributed by atoms with Crippen LogP contribution in [0.2, 0.25) is 0 Å². The summed E-state index contributed by atoms with van der Waals surface area (Å²) in [5.41, 5.74) is 7.67. The summed E-state index contributed by atoms with van der Waals surface area (Å²) in [5.74, 6) is -3.01. The number of benzene rings is 2. The maximum Gasteiger partial charge on any atom is 0.415 e. The van der Waals surface area contributed by atoms with E-state index in [0.717, 1.165) is 16.5 Å². The Morgan fingerprint density at radius 1 is 0.897 bits per heavy atom. The maximum atomic E-state index is 13.7. The zero-order chi connectivity index (χ0) is 56.7. The molecule has 5 heterocycles. The van der Waals surface area contributed by atoms with E-state index >= 15 is 0 Å². The fourth-order valence-electron chi connectivity index (χ4n) is 9.68. The van der Waals surface area contributed by atoms with Crippen molar-refractivity contribution in [1.29, 1.82) is 0 Å². The average Bonchev–Trinajstić information content (AvgIpc) is 4.06. The number of nitrogens with two attached hydrogens (primary N) is 1. The van der Waals surface area contributed by atoms with Gasteiger partial charge in [0, 0.05) is 61.8 Å². The molecule has 7 rings (SSSR count). The molecule has 2 aromatic heterocycles. The van der Waals surface area contributed by atoms with Crippen molar-refractivity contribution in [2.45, 2.75) is 130 Å². The number of aliphatic hydroxyl groups is 1. The van der Waals surface area contributed by atoms with Crippen molar-refractivity contribution in [2.75, 3.05) is 39.0 Å². The molecule has 418 valence electrons. The minimum absolute atomic E-state index is 0.0264. The van der Waals surface area contributed by atoms with Gasteiger partial charge in [-0.25, -0.2) is 24.2 Å². The number of esters is 1. The molecule has 2 aromatic carbocycles. The summed E-state index contributed by atoms with van der Waals surface area (Å²) in [6.45, 7) is 10.8. The van der Waals surface area contributed by atoms with E-state index in [4.69, 9.17) is 29.7 Å². The number of nitrogens with one attached hydrogen (secondary N) is 4. The first-order chi connectivity index (χ1) is 37.0. The standard InChI is InChI=1S/C55H69N9O14/c1-9-34-35-24-33(17-18-39(35)59-45-36(34)26-64-41(45)25-38-37(50(64)69)28-75-51(70)55(38,74)10-2)77-54(73)63(8)23-22-62(7)53(72)76-27-31-13-15-32(16-14-31)58-47(66)40(12-11-21-57-52(56)71)60-49(68)44(29(3)4)61-48(67)43-20-19-42(78-43)46(65)30(5)6/h13-18,24-25,29-30,40,42-44,74H,9-12,19-23,26-28H2,1-8H3,(H,58,66)(H,60,68)(H,61,67)(H3,56,57,71)/t40-,42?,43?,44-,55-/m0/s1. The number of amides is 7. The van der Waals surface area contributed by atoms with Gasteiger partial charge in [0.1, 0.15) is 43.3 Å². The second kappa shape index (κ2) is 24.6. The molecule has 1 saturated heterocycles. The quantitative estimate of drug-likeness (QED) is 0.0445. The van der Waals surface area contributed by atoms with Gasteiger partial charge in [-0.2, -0.15) is 0 Å². The van der Waals surface area contributed by atoms with Gasteiger partial charge >= 0.3 is 24.2 Å². The predicted octanol–water partition coefficient (Wildman–Crippen LogP) is 4.13. The van der Waals surface area contributed by atoms with Gasteiger partial charge < -0.3 is 65.4 Å². The number of carbonyl (C=O) groups excluding carboxylic acids is 8. The van der Waals surface area contributed by atoms with Crippen LogP contribution in [0.25, 0.3) is 22.3 Å². The van der Waals surface area contributed by atoms with Crippen LogP contribution in [0.1, 0.15) is 101 Å². The lowest BCUT2D eigenvalue weighted by Crippen LogP contribution is -2.56. The second-order valence-corrected chi connectivity index (χ2v) is 20.5. The van der Waals surface area contributed by atoms with Crippen LogP contribution in [-0.2, 0) is 70.0 Å². The van der Waals surface area contributed by atoms with Crippen molar-refractivity contribution in [2.24, 2.45) is 17.6 Å². The Kier molecular flexibility index (Phi) is 18.2. The first-order valence-corrected chi connectivity index (χ1v) is 26.2. The number of aromatic nitrogens is 2. The molecule has 2 unspecified atom stereocenters. The number of ether oxygens (including phenoxy) is 4. The Hall–Kier alpha value is -7.92. The molecule has 0 saturated carbocycles. The number of primary amides is 1. The smallest absolute Gasteiger partial charge is 0.415 e. The number of aryl methyl sites for hydroxylation is 1. The summed E-state index contributed by atoms with van der Waals surface area (Å²) < 4.78 is 23.8. The van der Waals surface area contributed by atoms with Gasteiger partial charge in [0.15, 0.2) is 11.4 Å². The first-order valence-electron chi connectivity index (χ1n) is 26.2. The molecular weight excluding hydrogens is 1010 g/mol. The molecule has 7 amide bonds. The third kappa shape index (κ3) is 12.7. The fourth-order valence-corrected chi connectivity index (χ4v) is 9.68. The molecule has 5 atom stereocenters. The molecule has 7 N–H and O–H groups in total. The van der Waals surface area contributed by atoms with E-state index in [9.17, 15) is 48.3 Å². The maximum absolute atomic E-state index is 13.7. The lowest BCUT2D eigenvalue weighted by atomic mass is 9.86. The van der Waals surface area contributed by atoms with Crippen molar-refractivity contribution in [3.63, 3.8) is 0 Å². The van der Waals surface area contributed by atoms with E-state index in [1.54, 1.807) is 87.7 Å². The number of ketones is 1. The summed E-state index contributed by atoms with van der Waals surface area (Å²) in [6.07, 6.45) is -1.27. The number of urea groups is 1. The van der Waals surface area contributed by atoms with Gasteiger partial charge in [-0.05, 0) is 92.0 Å². The summed E-state index contributed by atoms with van der Waals surface area (Å²) in [5, 5.41) is 22.7. The van der Waals surface area contributed by atoms with Gasteiger partial charge in [-0.1, -0.05) is 53.7 Å². The van der Waals surface area contributed by atoms with Crippen molar-refractivity contribution in [1.82, 2.24) is 35.3 Å². The van der Waals surface area contributed by atoms with Crippen molar-refractivity contribution in [3.8, 4) is 17.1 Å². The zero-order valence-corrected chi connectivity index (χ0v) is 45.2. The normalized spacial score (nSPS) is 18.0. The molecule has 0 radical (unpaired) electrons. The third-order valence-corrected chi connectivity index (χ3v) is 14.4. The number of hydrogen-bond donors (Lipinski definition) is 6. The highest BCUT2D eigenvalue weighted by molar-refractivity contribution is 5.99. The Balaban J connectivity index is 0.899. The van der Waals surface area contributed by atoms with E-state index < -0.39 is 71.8 Å². The minimum atomic E-state index is -1.95. The number of Topliss-reactive ketones (excluding diaryl/α,β-unsaturated/α-hetero) is 1. The minimum Gasteiger partial charge on any atom is -0.458 e. The topological polar surface area (TPSA) is 309 Å². The number of nitrogens with zero attached hydrogens (tertiary/aromatic N) is 4. The highest BCUT2D eigenvalue weighted by atomic mass is 16.6. The Morgan fingerprint density at radius 2 is 1.59 bits per heavy atom. The van der Waals surface area contributed by atoms with Crippen molar-refractivity contribution in [3.05, 3.63) is 86.7 Å². The Bertz CT molecular complexity index is 3050. The SMILES string of the molecule is CCc1c2c(nc3ccc(OC(=O)N(C)CCN(C)C(=O)OCc4ccc(NC(=O)[C@H](CCCNC(N)=O)NC(=O)[C@@H](NC(=O)C5CCC(C(=O)C(C)C)O5)C(C)C)cc4)cc13)-c1cc3c(c(=O)n1C2)COC(=O)[C@]3(O)CC. The molecule has 3 aliphatic rings. The average molecular weight is 1080 g/mol. The number of fused-ring (bicyclic) bond motifs is 5. The lowest BCUT2D eigenvalue weighted by molar-refractivity contribution is -0.172. The fraction of sp³-hybridized carbons (Fsp3) is 0.491. The second-order valence-electron chi connectivity index (χ2n) is 20.5. The van der Waals surface area contributed by atoms with Crippen LogP contribution in [0.4, 0.5) is 20.1 Å². The van der Waals surface area contributed by atoms with E-state index in [1.807, 2.05) is 6.92 Å². The van der Waals surface area contributed by atoms with Gasteiger partial charge in [-0.15, -0.1) is 0 Å². The number of rotatable bonds is 21. The van der Waals surface area contributed by atoms with Crippen LogP contribution in [-0.4, -0.2) is 130 Å². The highest BCUT2D eigenvalue weighted by Crippen LogP contribution is 2.41. The third-order valence-electron chi connectivity index (χ3n) is 14.4. The highest BCUT2D eigenvalue weighted by Gasteiger charge is 2.46. The van der Waals surface area contributed by atoms with Gasteiger partial charge in [0.2, 0.25) is 17.7 Å². The van der Waals surface area contributed by atoms with Crippen LogP contribution < -0.4 is 37.3 Å². The zero-order valence-electron chi connectivity index (χ0n) is 45.2. The van der Waals surface area contributed by atoms with Crippen LogP contribution >= 0.6 is 0 Å². The molecule has 78 heavy (non-hydrogen) atoms. The van der Waals surface area contributed by atoms with E-state index in [0.29, 0.717) is 47.4 Å². The van der Waals surface area contributed by atoms with E-state index in [2.05, 4.69) is 21.3 Å². The molecule has 23 nitrogen and oxygen atoms in total. The molecular formula is C55H69N9O14. The van der Waals surface area contributed by atoms with Crippen LogP contribution in [0, 0.1) is 11.8 Å². The van der Waals surface area contributed by atoms with E-state index in [1.165, 1.54) is 23.9 Å². The molecule has 4 aromatic rings. The van der Waals surface area contributed by atoms with Crippen molar-refractivity contribution >= 4 is 64.3 Å². The van der Waals surface area contributed by atoms with Crippen LogP contribution in [0.3, 0.4) is 0 Å². The molecule has 0 aliphatic carbocycles. The van der Waals surface area contributed by atoms with Gasteiger partial charge in [-0.3, -0.25) is 24.0 Å². The Labute approximate surface area is 450 Å². The van der Waals surface area contributed by atoms with Crippen LogP contribution in [0.15, 0.2) is 53.3 Å². The largest absolute Gasteiger partial charge is 0.458 e. The monoisotopic (exact) mass is 1080 g/mol. The number of carbonyl (C=O) groups is 8. The lowest BCUT2D eigenvalue weighted by Gasteiger charge is -2.31. The van der Waals surface area contributed by atoms with Crippen LogP contribution in [0.5, 0.6) is 5.75 Å². The number of cyclic esters (lactones) is 1. The van der Waals surface area contributed by atoms with E-state index in [-0.39, 0.29) is 98.7 Å². The summed E-state index contributed by atoms with van der Waals surface area (Å²) in [4.78, 5) is 125.